The summed E-state index contributed by atoms with van der Waals surface area (Å²) >= 11 is 1.26. The van der Waals surface area contributed by atoms with Gasteiger partial charge >= 0.3 is 11.9 Å². The lowest BCUT2D eigenvalue weighted by atomic mass is 9.76. The molecule has 1 aliphatic carbocycles. The summed E-state index contributed by atoms with van der Waals surface area (Å²) in [6.07, 6.45) is 0.556. The highest BCUT2D eigenvalue weighted by Gasteiger charge is 2.58. The van der Waals surface area contributed by atoms with E-state index in [-0.39, 0.29) is 36.0 Å². The van der Waals surface area contributed by atoms with Crippen LogP contribution in [0.2, 0.25) is 0 Å². The maximum Gasteiger partial charge on any atom is 0.352 e. The number of ether oxygens (including phenoxy) is 1. The van der Waals surface area contributed by atoms with Gasteiger partial charge in [0.05, 0.1) is 11.8 Å². The van der Waals surface area contributed by atoms with Gasteiger partial charge in [0.1, 0.15) is 5.70 Å². The average molecular weight is 353 g/mol. The molecule has 2 heterocycles. The highest BCUT2D eigenvalue weighted by molar-refractivity contribution is 8.00. The van der Waals surface area contributed by atoms with Crippen molar-refractivity contribution >= 4 is 41.2 Å². The van der Waals surface area contributed by atoms with Crippen molar-refractivity contribution in [2.75, 3.05) is 5.75 Å². The van der Waals surface area contributed by atoms with Gasteiger partial charge in [-0.3, -0.25) is 24.1 Å². The summed E-state index contributed by atoms with van der Waals surface area (Å²) in [5.41, 5.74) is -2.72. The Hall–Kier alpha value is -2.16. The molecule has 0 unspecified atom stereocenters. The molecular weight excluding hydrogens is 338 g/mol. The largest absolute Gasteiger partial charge is 0.477 e. The van der Waals surface area contributed by atoms with E-state index in [1.54, 1.807) is 0 Å². The van der Waals surface area contributed by atoms with Crippen molar-refractivity contribution in [1.29, 1.82) is 0 Å². The van der Waals surface area contributed by atoms with Crippen molar-refractivity contribution in [3.8, 4) is 0 Å². The summed E-state index contributed by atoms with van der Waals surface area (Å²) in [7, 11) is 0. The predicted molar refractivity (Wildman–Crippen MR) is 80.7 cm³/mol. The van der Waals surface area contributed by atoms with Gasteiger partial charge in [0.15, 0.2) is 11.6 Å². The van der Waals surface area contributed by atoms with E-state index in [0.717, 1.165) is 11.8 Å². The van der Waals surface area contributed by atoms with Crippen LogP contribution in [0.5, 0.6) is 0 Å². The number of carbonyl (C=O) groups excluding carboxylic acids is 4. The maximum atomic E-state index is 12.6. The monoisotopic (exact) mass is 353 g/mol. The Morgan fingerprint density at radius 1 is 1.25 bits per heavy atom. The molecule has 0 aromatic carbocycles. The molecule has 128 valence electrons. The van der Waals surface area contributed by atoms with Crippen LogP contribution in [0.25, 0.3) is 0 Å². The van der Waals surface area contributed by atoms with E-state index in [0.29, 0.717) is 6.42 Å². The number of amides is 1. The number of hydrogen-bond acceptors (Lipinski definition) is 7. The van der Waals surface area contributed by atoms with Gasteiger partial charge in [-0.2, -0.15) is 0 Å². The first-order chi connectivity index (χ1) is 11.3. The van der Waals surface area contributed by atoms with Gasteiger partial charge in [-0.1, -0.05) is 0 Å². The number of hydrogen-bond donors (Lipinski definition) is 1. The number of ketones is 2. The zero-order valence-electron chi connectivity index (χ0n) is 12.9. The first kappa shape index (κ1) is 16.7. The number of carboxylic acids is 1. The molecule has 0 bridgehead atoms. The molecule has 0 spiro atoms. The molecular formula is C15H15NO7S. The van der Waals surface area contributed by atoms with Crippen molar-refractivity contribution in [2.24, 2.45) is 0 Å². The van der Waals surface area contributed by atoms with E-state index in [1.807, 2.05) is 0 Å². The summed E-state index contributed by atoms with van der Waals surface area (Å²) in [4.78, 5) is 61.4. The van der Waals surface area contributed by atoms with Crippen molar-refractivity contribution in [3.63, 3.8) is 0 Å². The summed E-state index contributed by atoms with van der Waals surface area (Å²) in [6, 6.07) is 0. The minimum absolute atomic E-state index is 0.0114. The minimum Gasteiger partial charge on any atom is -0.477 e. The SMILES string of the molecule is CC(=O)OC1(C2=C(C(=O)O)N3C(=O)C[C@H]3SC2)C(=O)CCCC1=O. The first-order valence-corrected chi connectivity index (χ1v) is 8.50. The Bertz CT molecular complexity index is 695. The van der Waals surface area contributed by atoms with Crippen LogP contribution in [0, 0.1) is 0 Å². The summed E-state index contributed by atoms with van der Waals surface area (Å²) < 4.78 is 5.16. The predicted octanol–water partition coefficient (Wildman–Crippen LogP) is 0.254. The van der Waals surface area contributed by atoms with E-state index in [9.17, 15) is 29.1 Å². The fourth-order valence-electron chi connectivity index (χ4n) is 3.33. The number of esters is 1. The Labute approximate surface area is 141 Å². The normalized spacial score (nSPS) is 26.0. The standard InChI is InChI=1S/C15H15NO7S/c1-7(17)23-15(9(18)3-2-4-10(15)19)8-6-24-12-5-11(20)16(12)13(8)14(21)22/h12H,2-6H2,1H3,(H,21,22)/t12-/m1/s1. The number of Topliss-reactive ketones (excluding diaryl/α,β-unsaturated/α-hetero) is 2. The molecule has 1 saturated carbocycles. The molecule has 1 atom stereocenters. The average Bonchev–Trinajstić information content (AvgIpc) is 2.49. The van der Waals surface area contributed by atoms with E-state index >= 15 is 0 Å². The molecule has 3 aliphatic rings. The van der Waals surface area contributed by atoms with Crippen LogP contribution < -0.4 is 0 Å². The summed E-state index contributed by atoms with van der Waals surface area (Å²) in [5, 5.41) is 9.25. The number of β-lactam (4-membered cyclic amide) rings is 1. The number of carboxylic acid groups (broad SMARTS) is 1. The molecule has 0 aromatic rings. The number of rotatable bonds is 3. The van der Waals surface area contributed by atoms with Crippen LogP contribution in [0.1, 0.15) is 32.6 Å². The molecule has 1 saturated heterocycles. The number of carbonyl (C=O) groups is 5. The molecule has 0 radical (unpaired) electrons. The molecule has 9 heteroatoms. The van der Waals surface area contributed by atoms with Gasteiger partial charge in [0.25, 0.3) is 5.60 Å². The Morgan fingerprint density at radius 2 is 1.88 bits per heavy atom. The lowest BCUT2D eigenvalue weighted by Crippen LogP contribution is -2.60. The van der Waals surface area contributed by atoms with Crippen LogP contribution in [0.3, 0.4) is 0 Å². The molecule has 2 aliphatic heterocycles. The molecule has 1 N–H and O–H groups in total. The van der Waals surface area contributed by atoms with Gasteiger partial charge in [0.2, 0.25) is 5.91 Å². The molecule has 2 fully saturated rings. The molecule has 1 amide bonds. The topological polar surface area (TPSA) is 118 Å². The second-order valence-electron chi connectivity index (χ2n) is 5.84. The lowest BCUT2D eigenvalue weighted by molar-refractivity contribution is -0.170. The van der Waals surface area contributed by atoms with Crippen LogP contribution in [-0.4, -0.2) is 56.1 Å². The first-order valence-electron chi connectivity index (χ1n) is 7.45. The van der Waals surface area contributed by atoms with Crippen LogP contribution >= 0.6 is 11.8 Å². The summed E-state index contributed by atoms with van der Waals surface area (Å²) in [5.74, 6) is -3.87. The Balaban J connectivity index is 2.22. The second-order valence-corrected chi connectivity index (χ2v) is 7.01. The molecule has 0 aromatic heterocycles. The molecule has 8 nitrogen and oxygen atoms in total. The van der Waals surface area contributed by atoms with Crippen molar-refractivity contribution in [2.45, 2.75) is 43.6 Å². The summed E-state index contributed by atoms with van der Waals surface area (Å²) in [6.45, 7) is 1.06. The Morgan fingerprint density at radius 3 is 2.38 bits per heavy atom. The third-order valence-corrected chi connectivity index (χ3v) is 5.59. The fraction of sp³-hybridized carbons (Fsp3) is 0.533. The van der Waals surface area contributed by atoms with Crippen LogP contribution in [0.4, 0.5) is 0 Å². The van der Waals surface area contributed by atoms with Crippen molar-refractivity contribution < 1.29 is 33.8 Å². The third-order valence-electron chi connectivity index (χ3n) is 4.37. The fourth-order valence-corrected chi connectivity index (χ4v) is 4.66. The van der Waals surface area contributed by atoms with Gasteiger partial charge in [-0.25, -0.2) is 4.79 Å². The highest BCUT2D eigenvalue weighted by Crippen LogP contribution is 2.46. The number of thioether (sulfide) groups is 1. The minimum atomic E-state index is -2.22. The van der Waals surface area contributed by atoms with Gasteiger partial charge in [-0.15, -0.1) is 11.8 Å². The molecule has 24 heavy (non-hydrogen) atoms. The van der Waals surface area contributed by atoms with Gasteiger partial charge < -0.3 is 9.84 Å². The van der Waals surface area contributed by atoms with Crippen LogP contribution in [0.15, 0.2) is 11.3 Å². The maximum absolute atomic E-state index is 12.6. The van der Waals surface area contributed by atoms with Gasteiger partial charge in [0, 0.05) is 31.1 Å². The molecule has 3 rings (SSSR count). The van der Waals surface area contributed by atoms with Gasteiger partial charge in [-0.05, 0) is 6.42 Å². The third kappa shape index (κ3) is 2.26. The Kier molecular flexibility index (Phi) is 3.98. The van der Waals surface area contributed by atoms with Crippen molar-refractivity contribution in [1.82, 2.24) is 4.90 Å². The number of fused-ring (bicyclic) bond motifs is 1. The highest BCUT2D eigenvalue weighted by atomic mass is 32.2. The number of aliphatic carboxylic acids is 1. The smallest absolute Gasteiger partial charge is 0.352 e. The van der Waals surface area contributed by atoms with E-state index in [1.165, 1.54) is 11.8 Å². The van der Waals surface area contributed by atoms with Crippen molar-refractivity contribution in [3.05, 3.63) is 11.3 Å². The van der Waals surface area contributed by atoms with E-state index < -0.39 is 40.7 Å². The van der Waals surface area contributed by atoms with Crippen LogP contribution in [-0.2, 0) is 28.7 Å². The number of nitrogens with zero attached hydrogens (tertiary/aromatic N) is 1. The quantitative estimate of drug-likeness (QED) is 0.436. The lowest BCUT2D eigenvalue weighted by Gasteiger charge is -2.47. The second kappa shape index (κ2) is 5.73. The zero-order chi connectivity index (χ0) is 17.6. The zero-order valence-corrected chi connectivity index (χ0v) is 13.7. The van der Waals surface area contributed by atoms with E-state index in [4.69, 9.17) is 4.74 Å². The van der Waals surface area contributed by atoms with E-state index in [2.05, 4.69) is 0 Å².